The highest BCUT2D eigenvalue weighted by molar-refractivity contribution is 7.44. The molecule has 0 N–H and O–H groups in total. The van der Waals surface area contributed by atoms with Gasteiger partial charge >= 0.3 is 0 Å². The Morgan fingerprint density at radius 2 is 1.28 bits per heavy atom. The quantitative estimate of drug-likeness (QED) is 0.0350. The van der Waals surface area contributed by atoms with E-state index in [-0.39, 0.29) is 43.6 Å². The molecule has 9 nitrogen and oxygen atoms in total. The lowest BCUT2D eigenvalue weighted by Crippen LogP contribution is -2.39. The summed E-state index contributed by atoms with van der Waals surface area (Å²) in [6.45, 7) is 8.89. The first-order valence-electron chi connectivity index (χ1n) is 19.8. The van der Waals surface area contributed by atoms with Crippen molar-refractivity contribution in [2.75, 3.05) is 27.4 Å². The molecule has 1 saturated heterocycles. The lowest BCUT2D eigenvalue weighted by Gasteiger charge is -2.39. The van der Waals surface area contributed by atoms with Gasteiger partial charge in [0.1, 0.15) is 23.2 Å². The summed E-state index contributed by atoms with van der Waals surface area (Å²) in [6, 6.07) is 45.4. The van der Waals surface area contributed by atoms with E-state index in [1.807, 2.05) is 121 Å². The van der Waals surface area contributed by atoms with Crippen LogP contribution in [0.5, 0.6) is 11.5 Å². The van der Waals surface area contributed by atoms with Crippen LogP contribution in [0.2, 0.25) is 0 Å². The van der Waals surface area contributed by atoms with Gasteiger partial charge in [-0.15, -0.1) is 0 Å². The summed E-state index contributed by atoms with van der Waals surface area (Å²) in [5.41, 5.74) is 3.85. The number of benzene rings is 5. The van der Waals surface area contributed by atoms with E-state index in [4.69, 9.17) is 28.0 Å². The number of hydrogen-bond acceptors (Lipinski definition) is 9. The maximum atomic E-state index is 13.3. The van der Waals surface area contributed by atoms with E-state index < -0.39 is 26.3 Å². The van der Waals surface area contributed by atoms with Crippen LogP contribution in [0.25, 0.3) is 0 Å². The molecule has 0 saturated carbocycles. The third-order valence-corrected chi connectivity index (χ3v) is 12.5. The maximum absolute atomic E-state index is 13.3. The number of rotatable bonds is 19. The zero-order valence-corrected chi connectivity index (χ0v) is 35.0. The zero-order chi connectivity index (χ0) is 41.1. The molecule has 1 heterocycles. The SMILES string of the molecule is COc1ccc(C(OC[C@H]2O[C@H](c3ccc(C(=O)c4ccccc4)cc3)C[C@@H]2OP(OCCC#N)N(C(C)C)C(C)C)(c2ccccc2)c2ccc(OC)cc2)cc1. The highest BCUT2D eigenvalue weighted by Gasteiger charge is 2.44. The second-order valence-electron chi connectivity index (χ2n) is 14.7. The van der Waals surface area contributed by atoms with E-state index in [1.165, 1.54) is 0 Å². The summed E-state index contributed by atoms with van der Waals surface area (Å²) in [6.07, 6.45) is -0.548. The second-order valence-corrected chi connectivity index (χ2v) is 16.1. The van der Waals surface area contributed by atoms with Gasteiger partial charge in [0.2, 0.25) is 0 Å². The maximum Gasteiger partial charge on any atom is 0.259 e. The highest BCUT2D eigenvalue weighted by atomic mass is 31.2. The van der Waals surface area contributed by atoms with Gasteiger partial charge in [-0.2, -0.15) is 5.26 Å². The summed E-state index contributed by atoms with van der Waals surface area (Å²) in [4.78, 5) is 13.3. The Morgan fingerprint density at radius 3 is 1.79 bits per heavy atom. The molecule has 4 atom stereocenters. The van der Waals surface area contributed by atoms with E-state index in [0.29, 0.717) is 17.5 Å². The molecule has 10 heteroatoms. The molecule has 0 amide bonds. The largest absolute Gasteiger partial charge is 0.497 e. The van der Waals surface area contributed by atoms with Crippen LogP contribution in [-0.2, 0) is 24.1 Å². The number of carbonyl (C=O) groups is 1. The fourth-order valence-corrected chi connectivity index (χ4v) is 9.24. The number of carbonyl (C=O) groups excluding carboxylic acids is 1. The van der Waals surface area contributed by atoms with Crippen LogP contribution < -0.4 is 9.47 Å². The molecule has 58 heavy (non-hydrogen) atoms. The van der Waals surface area contributed by atoms with Gasteiger partial charge in [-0.05, 0) is 74.2 Å². The van der Waals surface area contributed by atoms with Crippen molar-refractivity contribution < 1.29 is 32.8 Å². The molecule has 1 unspecified atom stereocenters. The highest BCUT2D eigenvalue weighted by Crippen LogP contribution is 2.51. The third kappa shape index (κ3) is 9.85. The second kappa shape index (κ2) is 20.2. The van der Waals surface area contributed by atoms with E-state index in [9.17, 15) is 10.1 Å². The molecule has 0 bridgehead atoms. The molecule has 5 aromatic carbocycles. The van der Waals surface area contributed by atoms with Crippen LogP contribution in [0.15, 0.2) is 133 Å². The summed E-state index contributed by atoms with van der Waals surface area (Å²) in [5.74, 6) is 1.43. The van der Waals surface area contributed by atoms with Gasteiger partial charge in [0.25, 0.3) is 8.53 Å². The smallest absolute Gasteiger partial charge is 0.259 e. The number of nitrogens with zero attached hydrogens (tertiary/aromatic N) is 2. The van der Waals surface area contributed by atoms with Gasteiger partial charge in [0.15, 0.2) is 5.78 Å². The van der Waals surface area contributed by atoms with Crippen LogP contribution >= 0.6 is 8.53 Å². The number of nitriles is 1. The Bertz CT molecular complexity index is 2020. The van der Waals surface area contributed by atoms with Gasteiger partial charge < -0.3 is 28.0 Å². The van der Waals surface area contributed by atoms with Crippen molar-refractivity contribution in [3.63, 3.8) is 0 Å². The van der Waals surface area contributed by atoms with Gasteiger partial charge in [-0.3, -0.25) is 4.79 Å². The number of methoxy groups -OCH3 is 2. The molecule has 1 fully saturated rings. The molecule has 1 aliphatic heterocycles. The molecule has 5 aromatic rings. The number of ether oxygens (including phenoxy) is 4. The monoisotopic (exact) mass is 800 g/mol. The van der Waals surface area contributed by atoms with Crippen LogP contribution in [0.3, 0.4) is 0 Å². The van der Waals surface area contributed by atoms with Crippen molar-refractivity contribution in [3.05, 3.63) is 167 Å². The van der Waals surface area contributed by atoms with Gasteiger partial charge in [-0.25, -0.2) is 4.67 Å². The first-order chi connectivity index (χ1) is 28.2. The average Bonchev–Trinajstić information content (AvgIpc) is 3.66. The number of hydrogen-bond donors (Lipinski definition) is 0. The Balaban J connectivity index is 1.39. The minimum absolute atomic E-state index is 0.0380. The molecule has 0 aliphatic carbocycles. The molecular weight excluding hydrogens is 748 g/mol. The molecule has 302 valence electrons. The summed E-state index contributed by atoms with van der Waals surface area (Å²) >= 11 is 0. The van der Waals surface area contributed by atoms with E-state index in [0.717, 1.165) is 33.8 Å². The Morgan fingerprint density at radius 1 is 0.759 bits per heavy atom. The van der Waals surface area contributed by atoms with Crippen molar-refractivity contribution in [1.82, 2.24) is 4.67 Å². The zero-order valence-electron chi connectivity index (χ0n) is 34.1. The van der Waals surface area contributed by atoms with Crippen LogP contribution in [0.1, 0.15) is 84.8 Å². The standard InChI is InChI=1S/C48H53N2O7P/c1-34(2)50(35(3)4)58(55-31-13-30-49)57-45-32-44(36-18-20-38(21-19-36)47(51)37-14-9-7-10-15-37)56-46(45)33-54-48(39-16-11-8-12-17-39,40-22-26-42(52-5)27-23-40)41-24-28-43(53-6)29-25-41/h7-12,14-29,34-35,44-46H,13,31-33H2,1-6H3/t44-,45-,46+,58?/m0/s1. The normalized spacial score (nSPS) is 17.3. The van der Waals surface area contributed by atoms with Crippen molar-refractivity contribution in [3.8, 4) is 17.6 Å². The lowest BCUT2D eigenvalue weighted by atomic mass is 9.80. The first-order valence-corrected chi connectivity index (χ1v) is 20.9. The predicted molar refractivity (Wildman–Crippen MR) is 227 cm³/mol. The number of ketones is 1. The van der Waals surface area contributed by atoms with Crippen molar-refractivity contribution in [1.29, 1.82) is 5.26 Å². The van der Waals surface area contributed by atoms with E-state index >= 15 is 0 Å². The average molecular weight is 801 g/mol. The van der Waals surface area contributed by atoms with Gasteiger partial charge in [0.05, 0.1) is 52.1 Å². The van der Waals surface area contributed by atoms with Gasteiger partial charge in [0, 0.05) is 29.6 Å². The minimum Gasteiger partial charge on any atom is -0.497 e. The Kier molecular flexibility index (Phi) is 14.9. The van der Waals surface area contributed by atoms with Crippen molar-refractivity contribution in [2.24, 2.45) is 0 Å². The molecular formula is C48H53N2O7P. The van der Waals surface area contributed by atoms with E-state index in [2.05, 4.69) is 50.6 Å². The van der Waals surface area contributed by atoms with Gasteiger partial charge in [-0.1, -0.05) is 109 Å². The molecule has 6 rings (SSSR count). The van der Waals surface area contributed by atoms with Crippen molar-refractivity contribution >= 4 is 14.3 Å². The minimum atomic E-state index is -1.59. The molecule has 0 aromatic heterocycles. The fraction of sp³-hybridized carbons (Fsp3) is 0.333. The molecule has 0 radical (unpaired) electrons. The lowest BCUT2D eigenvalue weighted by molar-refractivity contribution is -0.0806. The van der Waals surface area contributed by atoms with Crippen LogP contribution in [0, 0.1) is 11.3 Å². The summed E-state index contributed by atoms with van der Waals surface area (Å²) in [5, 5.41) is 9.38. The van der Waals surface area contributed by atoms with Crippen LogP contribution in [-0.4, -0.2) is 62.2 Å². The summed E-state index contributed by atoms with van der Waals surface area (Å²) in [7, 11) is 1.72. The Hall–Kier alpha value is -4.91. The van der Waals surface area contributed by atoms with Crippen molar-refractivity contribution in [2.45, 2.75) is 76.5 Å². The topological polar surface area (TPSA) is 99.5 Å². The molecule has 1 aliphatic rings. The first kappa shape index (κ1) is 42.7. The van der Waals surface area contributed by atoms with E-state index in [1.54, 1.807) is 14.2 Å². The summed E-state index contributed by atoms with van der Waals surface area (Å²) < 4.78 is 41.1. The van der Waals surface area contributed by atoms with Crippen LogP contribution in [0.4, 0.5) is 0 Å². The third-order valence-electron chi connectivity index (χ3n) is 10.3. The predicted octanol–water partition coefficient (Wildman–Crippen LogP) is 10.4. The molecule has 0 spiro atoms. The Labute approximate surface area is 344 Å². The fourth-order valence-electron chi connectivity index (χ4n) is 7.49.